The fraction of sp³-hybridized carbons (Fsp3) is 0.379. The third-order valence-electron chi connectivity index (χ3n) is 7.39. The molecule has 1 aliphatic carbocycles. The zero-order valence-corrected chi connectivity index (χ0v) is 21.2. The van der Waals surface area contributed by atoms with Gasteiger partial charge in [-0.3, -0.25) is 19.3 Å². The van der Waals surface area contributed by atoms with Gasteiger partial charge in [-0.15, -0.1) is 0 Å². The number of rotatable bonds is 9. The molecule has 3 aliphatic rings. The van der Waals surface area contributed by atoms with Crippen molar-refractivity contribution in [3.05, 3.63) is 71.3 Å². The molecule has 2 aromatic carbocycles. The highest BCUT2D eigenvalue weighted by Crippen LogP contribution is 2.37. The molecule has 2 unspecified atom stereocenters. The van der Waals surface area contributed by atoms with Crippen molar-refractivity contribution < 1.29 is 23.9 Å². The molecule has 0 bridgehead atoms. The topological polar surface area (TPSA) is 88.5 Å². The average molecular weight is 502 g/mol. The van der Waals surface area contributed by atoms with Crippen LogP contribution in [-0.4, -0.2) is 60.7 Å². The Balaban J connectivity index is 1.24. The van der Waals surface area contributed by atoms with E-state index in [0.717, 1.165) is 30.5 Å². The lowest BCUT2D eigenvalue weighted by atomic mass is 9.76. The van der Waals surface area contributed by atoms with Crippen molar-refractivity contribution in [3.63, 3.8) is 0 Å². The van der Waals surface area contributed by atoms with E-state index in [4.69, 9.17) is 14.6 Å². The molecule has 2 atom stereocenters. The van der Waals surface area contributed by atoms with E-state index in [1.165, 1.54) is 4.90 Å². The SMILES string of the molecule is COc1ccc(C2=NN(CCCCCN3C(=O)c4ccccc4C3=O)C(=O)C3CC=CCC23)cc1OC. The Kier molecular flexibility index (Phi) is 7.08. The van der Waals surface area contributed by atoms with Gasteiger partial charge < -0.3 is 9.47 Å². The van der Waals surface area contributed by atoms with E-state index in [1.807, 2.05) is 18.2 Å². The summed E-state index contributed by atoms with van der Waals surface area (Å²) in [5.74, 6) is 0.763. The molecule has 2 heterocycles. The van der Waals surface area contributed by atoms with Crippen LogP contribution in [0.3, 0.4) is 0 Å². The van der Waals surface area contributed by atoms with E-state index < -0.39 is 0 Å². The summed E-state index contributed by atoms with van der Waals surface area (Å²) < 4.78 is 10.9. The van der Waals surface area contributed by atoms with Gasteiger partial charge >= 0.3 is 0 Å². The third-order valence-corrected chi connectivity index (χ3v) is 7.39. The minimum absolute atomic E-state index is 0.0284. The summed E-state index contributed by atoms with van der Waals surface area (Å²) in [4.78, 5) is 39.7. The van der Waals surface area contributed by atoms with Crippen molar-refractivity contribution in [2.24, 2.45) is 16.9 Å². The van der Waals surface area contributed by atoms with E-state index in [-0.39, 0.29) is 29.6 Å². The molecule has 0 N–H and O–H groups in total. The van der Waals surface area contributed by atoms with Crippen molar-refractivity contribution >= 4 is 23.4 Å². The van der Waals surface area contributed by atoms with E-state index in [9.17, 15) is 14.4 Å². The molecule has 2 aromatic rings. The fourth-order valence-corrected chi connectivity index (χ4v) is 5.41. The first-order valence-electron chi connectivity index (χ1n) is 12.8. The summed E-state index contributed by atoms with van der Waals surface area (Å²) in [7, 11) is 3.21. The quantitative estimate of drug-likeness (QED) is 0.290. The van der Waals surface area contributed by atoms with Gasteiger partial charge in [-0.25, -0.2) is 5.01 Å². The molecule has 192 valence electrons. The average Bonchev–Trinajstić information content (AvgIpc) is 3.18. The second-order valence-electron chi connectivity index (χ2n) is 9.54. The Labute approximate surface area is 216 Å². The highest BCUT2D eigenvalue weighted by atomic mass is 16.5. The molecule has 5 rings (SSSR count). The summed E-state index contributed by atoms with van der Waals surface area (Å²) in [6.45, 7) is 0.862. The number of amides is 3. The number of ether oxygens (including phenoxy) is 2. The summed E-state index contributed by atoms with van der Waals surface area (Å²) in [6, 6.07) is 12.7. The van der Waals surface area contributed by atoms with Crippen LogP contribution in [0.25, 0.3) is 0 Å². The van der Waals surface area contributed by atoms with E-state index in [2.05, 4.69) is 12.2 Å². The number of fused-ring (bicyclic) bond motifs is 2. The van der Waals surface area contributed by atoms with Gasteiger partial charge in [-0.2, -0.15) is 5.10 Å². The number of unbranched alkanes of at least 4 members (excludes halogenated alkanes) is 2. The van der Waals surface area contributed by atoms with Crippen molar-refractivity contribution in [1.82, 2.24) is 9.91 Å². The lowest BCUT2D eigenvalue weighted by molar-refractivity contribution is -0.137. The number of nitrogens with zero attached hydrogens (tertiary/aromatic N) is 3. The van der Waals surface area contributed by atoms with E-state index >= 15 is 0 Å². The zero-order valence-electron chi connectivity index (χ0n) is 21.2. The van der Waals surface area contributed by atoms with Crippen LogP contribution in [0, 0.1) is 11.8 Å². The van der Waals surface area contributed by atoms with Crippen molar-refractivity contribution in [3.8, 4) is 11.5 Å². The number of methoxy groups -OCH3 is 2. The Morgan fingerprint density at radius 1 is 0.811 bits per heavy atom. The Hall–Kier alpha value is -3.94. The van der Waals surface area contributed by atoms with Gasteiger partial charge in [0.2, 0.25) is 5.91 Å². The largest absolute Gasteiger partial charge is 0.493 e. The Morgan fingerprint density at radius 3 is 2.14 bits per heavy atom. The minimum atomic E-state index is -0.229. The smallest absolute Gasteiger partial charge is 0.261 e. The van der Waals surface area contributed by atoms with Crippen LogP contribution < -0.4 is 9.47 Å². The molecule has 3 amide bonds. The monoisotopic (exact) mass is 501 g/mol. The molecule has 0 radical (unpaired) electrons. The number of carbonyl (C=O) groups is 3. The first-order valence-corrected chi connectivity index (χ1v) is 12.8. The van der Waals surface area contributed by atoms with Crippen molar-refractivity contribution in [2.45, 2.75) is 32.1 Å². The molecular weight excluding hydrogens is 470 g/mol. The number of hydrazone groups is 1. The Morgan fingerprint density at radius 2 is 1.46 bits per heavy atom. The normalized spacial score (nSPS) is 20.6. The van der Waals surface area contributed by atoms with Gasteiger partial charge in [0.05, 0.1) is 37.0 Å². The second-order valence-corrected chi connectivity index (χ2v) is 9.54. The molecule has 0 aromatic heterocycles. The van der Waals surface area contributed by atoms with Gasteiger partial charge in [0.15, 0.2) is 11.5 Å². The summed E-state index contributed by atoms with van der Waals surface area (Å²) in [5.41, 5.74) is 2.76. The van der Waals surface area contributed by atoms with Crippen LogP contribution in [0.1, 0.15) is 58.4 Å². The molecule has 8 nitrogen and oxygen atoms in total. The molecule has 0 fully saturated rings. The van der Waals surface area contributed by atoms with E-state index in [0.29, 0.717) is 48.6 Å². The summed E-state index contributed by atoms with van der Waals surface area (Å²) in [5, 5.41) is 6.43. The molecular formula is C29H31N3O5. The maximum absolute atomic E-state index is 13.3. The molecule has 37 heavy (non-hydrogen) atoms. The number of benzene rings is 2. The first-order chi connectivity index (χ1) is 18.0. The van der Waals surface area contributed by atoms with Crippen molar-refractivity contribution in [1.29, 1.82) is 0 Å². The predicted octanol–water partition coefficient (Wildman–Crippen LogP) is 4.30. The standard InChI is InChI=1S/C29H31N3O5/c1-36-24-15-14-19(18-25(24)37-2)26-20-10-4-5-11-21(20)29(35)32(30-26)17-9-3-8-16-31-27(33)22-12-6-7-13-23(22)28(31)34/h4-7,12-15,18,20-21H,3,8-11,16-17H2,1-2H3. The number of allylic oxidation sites excluding steroid dienone is 2. The molecule has 0 saturated heterocycles. The Bertz CT molecular complexity index is 1250. The number of imide groups is 1. The fourth-order valence-electron chi connectivity index (χ4n) is 5.41. The van der Waals surface area contributed by atoms with Gasteiger partial charge in [0.1, 0.15) is 0 Å². The minimum Gasteiger partial charge on any atom is -0.493 e. The second kappa shape index (κ2) is 10.6. The number of hydrogen-bond acceptors (Lipinski definition) is 6. The van der Waals surface area contributed by atoms with Gasteiger partial charge in [0.25, 0.3) is 11.8 Å². The van der Waals surface area contributed by atoms with Crippen LogP contribution >= 0.6 is 0 Å². The van der Waals surface area contributed by atoms with Crippen molar-refractivity contribution in [2.75, 3.05) is 27.3 Å². The summed E-state index contributed by atoms with van der Waals surface area (Å²) >= 11 is 0. The van der Waals surface area contributed by atoms with Crippen LogP contribution in [-0.2, 0) is 4.79 Å². The first kappa shape index (κ1) is 24.7. The number of hydrogen-bond donors (Lipinski definition) is 0. The third kappa shape index (κ3) is 4.63. The van der Waals surface area contributed by atoms with Gasteiger partial charge in [-0.05, 0) is 62.4 Å². The van der Waals surface area contributed by atoms with Crippen LogP contribution in [0.15, 0.2) is 59.7 Å². The zero-order chi connectivity index (χ0) is 25.9. The van der Waals surface area contributed by atoms with Crippen LogP contribution in [0.5, 0.6) is 11.5 Å². The summed E-state index contributed by atoms with van der Waals surface area (Å²) in [6.07, 6.45) is 7.85. The molecule has 8 heteroatoms. The number of carbonyl (C=O) groups excluding carboxylic acids is 3. The van der Waals surface area contributed by atoms with Crippen LogP contribution in [0.2, 0.25) is 0 Å². The maximum Gasteiger partial charge on any atom is 0.261 e. The van der Waals surface area contributed by atoms with Gasteiger partial charge in [0, 0.05) is 24.6 Å². The lowest BCUT2D eigenvalue weighted by Crippen LogP contribution is -2.45. The lowest BCUT2D eigenvalue weighted by Gasteiger charge is -2.37. The van der Waals surface area contributed by atoms with E-state index in [1.54, 1.807) is 43.5 Å². The van der Waals surface area contributed by atoms with Gasteiger partial charge in [-0.1, -0.05) is 24.3 Å². The highest BCUT2D eigenvalue weighted by Gasteiger charge is 2.40. The predicted molar refractivity (Wildman–Crippen MR) is 139 cm³/mol. The van der Waals surface area contributed by atoms with Crippen LogP contribution in [0.4, 0.5) is 0 Å². The molecule has 0 saturated carbocycles. The molecule has 0 spiro atoms. The highest BCUT2D eigenvalue weighted by molar-refractivity contribution is 6.21. The molecule has 2 aliphatic heterocycles. The maximum atomic E-state index is 13.3.